The van der Waals surface area contributed by atoms with Gasteiger partial charge in [0.25, 0.3) is 6.47 Å². The number of hydrogen-bond acceptors (Lipinski definition) is 6. The number of aliphatic carboxylic acids is 1. The zero-order valence-electron chi connectivity index (χ0n) is 11.3. The quantitative estimate of drug-likeness (QED) is 0.515. The Labute approximate surface area is 125 Å². The predicted octanol–water partition coefficient (Wildman–Crippen LogP) is 0.314. The molecule has 2 aliphatic heterocycles. The Morgan fingerprint density at radius 2 is 2.33 bits per heavy atom. The van der Waals surface area contributed by atoms with Crippen molar-refractivity contribution in [1.29, 1.82) is 0 Å². The first-order valence-corrected chi connectivity index (χ1v) is 7.22. The molecule has 0 aliphatic carbocycles. The molecular weight excluding hydrogens is 298 g/mol. The highest BCUT2D eigenvalue weighted by atomic mass is 32.2. The molecule has 2 heterocycles. The summed E-state index contributed by atoms with van der Waals surface area (Å²) < 4.78 is 4.81. The van der Waals surface area contributed by atoms with Crippen LogP contribution in [0.4, 0.5) is 0 Å². The van der Waals surface area contributed by atoms with Crippen LogP contribution in [0.2, 0.25) is 0 Å². The Bertz CT molecular complexity index is 529. The smallest absolute Gasteiger partial charge is 0.353 e. The highest BCUT2D eigenvalue weighted by Gasteiger charge is 2.57. The van der Waals surface area contributed by atoms with Crippen molar-refractivity contribution in [2.75, 3.05) is 6.61 Å². The molecule has 0 saturated carbocycles. The highest BCUT2D eigenvalue weighted by molar-refractivity contribution is 8.05. The van der Waals surface area contributed by atoms with Crippen molar-refractivity contribution in [3.63, 3.8) is 0 Å². The van der Waals surface area contributed by atoms with Crippen LogP contribution in [0.5, 0.6) is 0 Å². The fourth-order valence-corrected chi connectivity index (χ4v) is 3.58. The molecule has 0 unspecified atom stereocenters. The molecule has 2 aliphatic rings. The Hall–Kier alpha value is -1.80. The van der Waals surface area contributed by atoms with Crippen LogP contribution in [0, 0.1) is 5.92 Å². The lowest BCUT2D eigenvalue weighted by atomic mass is 9.83. The maximum atomic E-state index is 12.1. The molecule has 0 bridgehead atoms. The zero-order chi connectivity index (χ0) is 15.6. The Morgan fingerprint density at radius 3 is 2.90 bits per heavy atom. The van der Waals surface area contributed by atoms with Gasteiger partial charge in [0.15, 0.2) is 0 Å². The standard InChI is InChI=1S/C13H15NO6S/c1-7(20-6-16)10-8-5-9(21-4-2-3-15)11(13(18)19)14(8)12(10)17/h2,4,6-8,10,15H,3,5H2,1H3,(H,18,19)/t7-,8-,10-/m1/s1. The maximum absolute atomic E-state index is 12.1. The number of carboxylic acids is 1. The van der Waals surface area contributed by atoms with Crippen LogP contribution in [-0.2, 0) is 19.1 Å². The molecular formula is C13H15NO6S. The number of ether oxygens (including phenoxy) is 1. The van der Waals surface area contributed by atoms with Crippen molar-refractivity contribution in [3.8, 4) is 0 Å². The normalized spacial score (nSPS) is 25.8. The molecule has 0 spiro atoms. The largest absolute Gasteiger partial charge is 0.477 e. The molecule has 21 heavy (non-hydrogen) atoms. The SMILES string of the molecule is C[C@@H](OC=O)[C@H]1C(=O)N2C(C(=O)O)=C(SC=CCO)C[C@H]12. The molecule has 0 aromatic carbocycles. The van der Waals surface area contributed by atoms with Gasteiger partial charge in [0.2, 0.25) is 5.91 Å². The van der Waals surface area contributed by atoms with Crippen LogP contribution in [0.1, 0.15) is 13.3 Å². The van der Waals surface area contributed by atoms with Gasteiger partial charge >= 0.3 is 5.97 Å². The van der Waals surface area contributed by atoms with Gasteiger partial charge in [0.1, 0.15) is 11.8 Å². The molecule has 0 aromatic heterocycles. The average Bonchev–Trinajstić information content (AvgIpc) is 2.74. The number of rotatable bonds is 7. The second-order valence-corrected chi connectivity index (χ2v) is 5.69. The van der Waals surface area contributed by atoms with Gasteiger partial charge in [0.05, 0.1) is 18.6 Å². The number of aliphatic hydroxyl groups is 1. The lowest BCUT2D eigenvalue weighted by Gasteiger charge is -2.45. The van der Waals surface area contributed by atoms with Crippen molar-refractivity contribution in [2.45, 2.75) is 25.5 Å². The number of carbonyl (C=O) groups excluding carboxylic acids is 2. The second kappa shape index (κ2) is 6.31. The molecule has 8 heteroatoms. The number of aliphatic hydroxyl groups excluding tert-OH is 1. The van der Waals surface area contributed by atoms with E-state index in [2.05, 4.69) is 0 Å². The van der Waals surface area contributed by atoms with Crippen molar-refractivity contribution >= 4 is 30.1 Å². The van der Waals surface area contributed by atoms with Crippen molar-refractivity contribution in [1.82, 2.24) is 4.90 Å². The van der Waals surface area contributed by atoms with Crippen molar-refractivity contribution in [2.24, 2.45) is 5.92 Å². The minimum absolute atomic E-state index is 0.0212. The first kappa shape index (κ1) is 15.6. The molecule has 114 valence electrons. The molecule has 3 atom stereocenters. The Morgan fingerprint density at radius 1 is 1.62 bits per heavy atom. The zero-order valence-corrected chi connectivity index (χ0v) is 12.1. The fraction of sp³-hybridized carbons (Fsp3) is 0.462. The molecule has 1 saturated heterocycles. The third-order valence-corrected chi connectivity index (χ3v) is 4.53. The lowest BCUT2D eigenvalue weighted by molar-refractivity contribution is -0.165. The first-order chi connectivity index (χ1) is 10.0. The van der Waals surface area contributed by atoms with Crippen LogP contribution < -0.4 is 0 Å². The summed E-state index contributed by atoms with van der Waals surface area (Å²) in [5.74, 6) is -2.01. The molecule has 1 fully saturated rings. The number of thioether (sulfide) groups is 1. The molecule has 1 amide bonds. The van der Waals surface area contributed by atoms with E-state index < -0.39 is 18.0 Å². The van der Waals surface area contributed by atoms with E-state index in [1.807, 2.05) is 0 Å². The highest BCUT2D eigenvalue weighted by Crippen LogP contribution is 2.47. The summed E-state index contributed by atoms with van der Waals surface area (Å²) in [6.07, 6.45) is 1.32. The third-order valence-electron chi connectivity index (χ3n) is 3.56. The summed E-state index contributed by atoms with van der Waals surface area (Å²) in [5.41, 5.74) is -0.0212. The maximum Gasteiger partial charge on any atom is 0.353 e. The van der Waals surface area contributed by atoms with Crippen molar-refractivity contribution in [3.05, 3.63) is 22.1 Å². The number of β-lactam (4-membered cyclic amide) rings is 1. The van der Waals surface area contributed by atoms with E-state index in [0.717, 1.165) is 0 Å². The Balaban J connectivity index is 2.18. The van der Waals surface area contributed by atoms with Gasteiger partial charge in [-0.25, -0.2) is 4.79 Å². The summed E-state index contributed by atoms with van der Waals surface area (Å²) in [7, 11) is 0. The van der Waals surface area contributed by atoms with E-state index in [4.69, 9.17) is 9.84 Å². The monoisotopic (exact) mass is 313 g/mol. The summed E-state index contributed by atoms with van der Waals surface area (Å²) in [6, 6.07) is -0.288. The number of hydrogen-bond donors (Lipinski definition) is 2. The number of fused-ring (bicyclic) bond motifs is 1. The van der Waals surface area contributed by atoms with Gasteiger partial charge in [-0.2, -0.15) is 0 Å². The summed E-state index contributed by atoms with van der Waals surface area (Å²) in [6.45, 7) is 1.77. The van der Waals surface area contributed by atoms with Gasteiger partial charge in [-0.3, -0.25) is 9.59 Å². The number of carbonyl (C=O) groups is 3. The molecule has 2 N–H and O–H groups in total. The van der Waals surface area contributed by atoms with Crippen LogP contribution in [0.3, 0.4) is 0 Å². The number of carboxylic acid groups (broad SMARTS) is 1. The van der Waals surface area contributed by atoms with Gasteiger partial charge < -0.3 is 19.8 Å². The molecule has 2 rings (SSSR count). The predicted molar refractivity (Wildman–Crippen MR) is 73.8 cm³/mol. The van der Waals surface area contributed by atoms with E-state index in [-0.39, 0.29) is 24.3 Å². The van der Waals surface area contributed by atoms with Crippen LogP contribution in [0.25, 0.3) is 0 Å². The Kier molecular flexibility index (Phi) is 4.69. The molecule has 0 radical (unpaired) electrons. The van der Waals surface area contributed by atoms with E-state index >= 15 is 0 Å². The summed E-state index contributed by atoms with van der Waals surface area (Å²) in [5, 5.41) is 19.6. The van der Waals surface area contributed by atoms with Crippen LogP contribution >= 0.6 is 11.8 Å². The topological polar surface area (TPSA) is 104 Å². The van der Waals surface area contributed by atoms with E-state index in [9.17, 15) is 19.5 Å². The van der Waals surface area contributed by atoms with Crippen LogP contribution in [-0.4, -0.2) is 52.2 Å². The average molecular weight is 313 g/mol. The lowest BCUT2D eigenvalue weighted by Crippen LogP contribution is -2.62. The summed E-state index contributed by atoms with van der Waals surface area (Å²) >= 11 is 1.18. The van der Waals surface area contributed by atoms with Gasteiger partial charge in [0, 0.05) is 11.3 Å². The minimum Gasteiger partial charge on any atom is -0.477 e. The van der Waals surface area contributed by atoms with Gasteiger partial charge in [-0.15, -0.1) is 11.8 Å². The fourth-order valence-electron chi connectivity index (χ4n) is 2.67. The van der Waals surface area contributed by atoms with E-state index in [1.54, 1.807) is 12.3 Å². The van der Waals surface area contributed by atoms with E-state index in [1.165, 1.54) is 22.7 Å². The minimum atomic E-state index is -1.16. The van der Waals surface area contributed by atoms with Crippen molar-refractivity contribution < 1.29 is 29.3 Å². The van der Waals surface area contributed by atoms with Gasteiger partial charge in [-0.1, -0.05) is 6.08 Å². The van der Waals surface area contributed by atoms with E-state index in [0.29, 0.717) is 17.8 Å². The number of nitrogens with zero attached hydrogens (tertiary/aromatic N) is 1. The van der Waals surface area contributed by atoms with Gasteiger partial charge in [-0.05, 0) is 12.3 Å². The third kappa shape index (κ3) is 2.68. The number of amides is 1. The molecule has 0 aromatic rings. The molecule has 7 nitrogen and oxygen atoms in total. The first-order valence-electron chi connectivity index (χ1n) is 6.34. The summed E-state index contributed by atoms with van der Waals surface area (Å²) in [4.78, 5) is 35.7. The van der Waals surface area contributed by atoms with Crippen LogP contribution in [0.15, 0.2) is 22.1 Å². The second-order valence-electron chi connectivity index (χ2n) is 4.69.